The Kier molecular flexibility index (Phi) is 7.79. The number of rotatable bonds is 6. The predicted octanol–water partition coefficient (Wildman–Crippen LogP) is -0.257. The molecule has 0 spiro atoms. The molecule has 13 heavy (non-hydrogen) atoms. The number of carboxylic acids is 1. The van der Waals surface area contributed by atoms with Crippen LogP contribution in [0.2, 0.25) is 0 Å². The predicted molar refractivity (Wildman–Crippen MR) is 47.7 cm³/mol. The molecule has 0 aromatic heterocycles. The number of carbonyl (C=O) groups is 1. The summed E-state index contributed by atoms with van der Waals surface area (Å²) in [5, 5.41) is 17.1. The van der Waals surface area contributed by atoms with E-state index in [2.05, 4.69) is 0 Å². The van der Waals surface area contributed by atoms with Crippen LogP contribution in [0.5, 0.6) is 0 Å². The smallest absolute Gasteiger partial charge is 0.303 e. The fourth-order valence-corrected chi connectivity index (χ4v) is 1.04. The van der Waals surface area contributed by atoms with Gasteiger partial charge < -0.3 is 20.2 Å². The van der Waals surface area contributed by atoms with Gasteiger partial charge in [0, 0.05) is 6.42 Å². The second kappa shape index (κ2) is 6.82. The molecule has 0 bridgehead atoms. The number of hydrogen-bond donors (Lipinski definition) is 2. The Morgan fingerprint density at radius 2 is 1.85 bits per heavy atom. The van der Waals surface area contributed by atoms with E-state index < -0.39 is 5.97 Å². The summed E-state index contributed by atoms with van der Waals surface area (Å²) in [6.07, 6.45) is 0.884. The monoisotopic (exact) mass is 193 g/mol. The first-order chi connectivity index (χ1) is 5.48. The highest BCUT2D eigenvalue weighted by Crippen LogP contribution is 2.00. The van der Waals surface area contributed by atoms with Gasteiger partial charge in [-0.2, -0.15) is 0 Å². The van der Waals surface area contributed by atoms with Crippen LogP contribution in [-0.4, -0.2) is 59.9 Å². The van der Waals surface area contributed by atoms with Crippen LogP contribution < -0.4 is 0 Å². The Balaban J connectivity index is 0. The van der Waals surface area contributed by atoms with Crippen LogP contribution in [0.15, 0.2) is 0 Å². The van der Waals surface area contributed by atoms with E-state index in [1.54, 1.807) is 0 Å². The van der Waals surface area contributed by atoms with Gasteiger partial charge in [-0.3, -0.25) is 4.79 Å². The van der Waals surface area contributed by atoms with E-state index in [1.807, 2.05) is 14.1 Å². The minimum Gasteiger partial charge on any atom is -0.870 e. The highest BCUT2D eigenvalue weighted by atomic mass is 16.4. The fraction of sp³-hybridized carbons (Fsp3) is 0.875. The highest BCUT2D eigenvalue weighted by Gasteiger charge is 2.13. The molecule has 3 N–H and O–H groups in total. The average molecular weight is 193 g/mol. The molecule has 5 nitrogen and oxygen atoms in total. The van der Waals surface area contributed by atoms with Crippen molar-refractivity contribution in [2.24, 2.45) is 0 Å². The minimum atomic E-state index is -0.751. The Bertz CT molecular complexity index is 147. The summed E-state index contributed by atoms with van der Waals surface area (Å²) in [5.74, 6) is -0.751. The van der Waals surface area contributed by atoms with Crippen molar-refractivity contribution in [2.45, 2.75) is 12.8 Å². The summed E-state index contributed by atoms with van der Waals surface area (Å²) >= 11 is 0. The maximum absolute atomic E-state index is 10.2. The van der Waals surface area contributed by atoms with Gasteiger partial charge in [-0.05, 0) is 0 Å². The third kappa shape index (κ3) is 9.26. The summed E-state index contributed by atoms with van der Waals surface area (Å²) in [4.78, 5) is 10.2. The van der Waals surface area contributed by atoms with E-state index >= 15 is 0 Å². The number of aliphatic hydroxyl groups is 1. The Hall–Kier alpha value is -0.650. The molecule has 0 rings (SSSR count). The summed E-state index contributed by atoms with van der Waals surface area (Å²) in [7, 11) is 3.97. The Morgan fingerprint density at radius 1 is 1.31 bits per heavy atom. The molecule has 0 unspecified atom stereocenters. The van der Waals surface area contributed by atoms with Crippen molar-refractivity contribution in [1.29, 1.82) is 0 Å². The van der Waals surface area contributed by atoms with Gasteiger partial charge in [0.15, 0.2) is 0 Å². The lowest BCUT2D eigenvalue weighted by Crippen LogP contribution is -2.42. The maximum Gasteiger partial charge on any atom is 0.303 e. The molecule has 0 atom stereocenters. The van der Waals surface area contributed by atoms with E-state index in [1.165, 1.54) is 0 Å². The van der Waals surface area contributed by atoms with Crippen LogP contribution >= 0.6 is 0 Å². The molecule has 0 aliphatic rings. The molecule has 0 heterocycles. The molecular formula is C8H19NO4. The second-order valence-corrected chi connectivity index (χ2v) is 3.60. The number of likely N-dealkylation sites (N-methyl/N-ethyl adjacent to an activating group) is 1. The number of carboxylic acid groups (broad SMARTS) is 1. The molecule has 0 radical (unpaired) electrons. The number of aliphatic carboxylic acids is 1. The summed E-state index contributed by atoms with van der Waals surface area (Å²) in [6, 6.07) is 0. The lowest BCUT2D eigenvalue weighted by atomic mass is 10.3. The largest absolute Gasteiger partial charge is 0.870 e. The summed E-state index contributed by atoms with van der Waals surface area (Å²) in [6.45, 7) is 1.63. The number of quaternary nitrogens is 1. The first-order valence-corrected chi connectivity index (χ1v) is 4.12. The van der Waals surface area contributed by atoms with Gasteiger partial charge in [0.05, 0.1) is 33.7 Å². The van der Waals surface area contributed by atoms with E-state index in [0.29, 0.717) is 17.4 Å². The van der Waals surface area contributed by atoms with Crippen molar-refractivity contribution in [1.82, 2.24) is 0 Å². The molecule has 0 amide bonds. The molecule has 0 aliphatic carbocycles. The van der Waals surface area contributed by atoms with Gasteiger partial charge in [0.2, 0.25) is 0 Å². The molecule has 0 fully saturated rings. The highest BCUT2D eigenvalue weighted by molar-refractivity contribution is 5.66. The van der Waals surface area contributed by atoms with Crippen LogP contribution in [0.3, 0.4) is 0 Å². The van der Waals surface area contributed by atoms with Crippen LogP contribution in [0.25, 0.3) is 0 Å². The molecule has 0 aliphatic heterocycles. The fourth-order valence-electron chi connectivity index (χ4n) is 1.04. The molecule has 0 aromatic carbocycles. The molecular weight excluding hydrogens is 174 g/mol. The van der Waals surface area contributed by atoms with Gasteiger partial charge in [0.1, 0.15) is 6.54 Å². The van der Waals surface area contributed by atoms with Crippen molar-refractivity contribution < 1.29 is 25.0 Å². The van der Waals surface area contributed by atoms with E-state index in [-0.39, 0.29) is 18.5 Å². The SMILES string of the molecule is C[N+](C)(CCO)CCCC(=O)O.[OH-]. The topological polar surface area (TPSA) is 87.5 Å². The minimum absolute atomic E-state index is 0. The van der Waals surface area contributed by atoms with Crippen LogP contribution in [-0.2, 0) is 4.79 Å². The van der Waals surface area contributed by atoms with Gasteiger partial charge in [-0.1, -0.05) is 0 Å². The molecule has 80 valence electrons. The zero-order chi connectivity index (χ0) is 9.61. The zero-order valence-corrected chi connectivity index (χ0v) is 8.23. The molecule has 0 saturated heterocycles. The lowest BCUT2D eigenvalue weighted by molar-refractivity contribution is -0.890. The second-order valence-electron chi connectivity index (χ2n) is 3.60. The van der Waals surface area contributed by atoms with Gasteiger partial charge in [-0.25, -0.2) is 0 Å². The standard InChI is InChI=1S/C8H17NO3.H2O/c1-9(2,6-7-10)5-3-4-8(11)12;/h10H,3-7H2,1-2H3;1H2. The molecule has 0 aromatic rings. The Labute approximate surface area is 78.5 Å². The molecule has 0 saturated carbocycles. The van der Waals surface area contributed by atoms with Crippen molar-refractivity contribution in [2.75, 3.05) is 33.8 Å². The van der Waals surface area contributed by atoms with E-state index in [0.717, 1.165) is 6.54 Å². The summed E-state index contributed by atoms with van der Waals surface area (Å²) in [5.41, 5.74) is 0. The van der Waals surface area contributed by atoms with Crippen LogP contribution in [0.4, 0.5) is 0 Å². The number of nitrogens with zero attached hydrogens (tertiary/aromatic N) is 1. The van der Waals surface area contributed by atoms with Crippen LogP contribution in [0, 0.1) is 0 Å². The van der Waals surface area contributed by atoms with Gasteiger partial charge >= 0.3 is 5.97 Å². The normalized spacial score (nSPS) is 10.7. The van der Waals surface area contributed by atoms with Crippen molar-refractivity contribution in [3.8, 4) is 0 Å². The van der Waals surface area contributed by atoms with Gasteiger partial charge in [-0.15, -0.1) is 0 Å². The lowest BCUT2D eigenvalue weighted by Gasteiger charge is -2.28. The quantitative estimate of drug-likeness (QED) is 0.569. The van der Waals surface area contributed by atoms with E-state index in [9.17, 15) is 4.79 Å². The number of hydrogen-bond acceptors (Lipinski definition) is 3. The van der Waals surface area contributed by atoms with Gasteiger partial charge in [0.25, 0.3) is 0 Å². The van der Waals surface area contributed by atoms with Crippen molar-refractivity contribution in [3.63, 3.8) is 0 Å². The summed E-state index contributed by atoms with van der Waals surface area (Å²) < 4.78 is 0.684. The van der Waals surface area contributed by atoms with Crippen molar-refractivity contribution in [3.05, 3.63) is 0 Å². The first kappa shape index (κ1) is 14.9. The van der Waals surface area contributed by atoms with Crippen molar-refractivity contribution >= 4 is 5.97 Å². The third-order valence-electron chi connectivity index (χ3n) is 1.86. The van der Waals surface area contributed by atoms with E-state index in [4.69, 9.17) is 10.2 Å². The Morgan fingerprint density at radius 3 is 2.23 bits per heavy atom. The maximum atomic E-state index is 10.2. The number of aliphatic hydroxyl groups excluding tert-OH is 1. The van der Waals surface area contributed by atoms with Crippen LogP contribution in [0.1, 0.15) is 12.8 Å². The third-order valence-corrected chi connectivity index (χ3v) is 1.86. The zero-order valence-electron chi connectivity index (χ0n) is 8.23. The average Bonchev–Trinajstić information content (AvgIpc) is 1.85. The first-order valence-electron chi connectivity index (χ1n) is 4.12. The molecule has 5 heteroatoms.